The number of anilines is 3. The van der Waals surface area contributed by atoms with E-state index in [-0.39, 0.29) is 12.2 Å². The molecule has 8 heteroatoms. The van der Waals surface area contributed by atoms with E-state index in [9.17, 15) is 14.0 Å². The van der Waals surface area contributed by atoms with Gasteiger partial charge in [0, 0.05) is 18.7 Å². The maximum Gasteiger partial charge on any atom is 0.356 e. The molecule has 0 aromatic heterocycles. The molecule has 0 saturated heterocycles. The maximum absolute atomic E-state index is 14.6. The number of halogens is 1. The van der Waals surface area contributed by atoms with E-state index in [0.29, 0.717) is 36.9 Å². The Labute approximate surface area is 211 Å². The van der Waals surface area contributed by atoms with Crippen LogP contribution in [0.3, 0.4) is 0 Å². The van der Waals surface area contributed by atoms with Gasteiger partial charge in [0.15, 0.2) is 12.0 Å². The Kier molecular flexibility index (Phi) is 6.14. The number of hydrogen-bond acceptors (Lipinski definition) is 6. The fourth-order valence-corrected chi connectivity index (χ4v) is 5.59. The second-order valence-corrected chi connectivity index (χ2v) is 10.1. The number of carbonyl (C=O) groups is 2. The van der Waals surface area contributed by atoms with Crippen molar-refractivity contribution in [2.24, 2.45) is 11.7 Å². The van der Waals surface area contributed by atoms with Crippen LogP contribution in [0, 0.1) is 32.5 Å². The third-order valence-electron chi connectivity index (χ3n) is 7.21. The highest BCUT2D eigenvalue weighted by atomic mass is 19.1. The minimum absolute atomic E-state index is 0.128. The summed E-state index contributed by atoms with van der Waals surface area (Å²) < 4.78 is 20.4. The molecule has 0 radical (unpaired) electrons. The smallest absolute Gasteiger partial charge is 0.356 e. The second kappa shape index (κ2) is 9.15. The topological polar surface area (TPSA) is 79.1 Å². The summed E-state index contributed by atoms with van der Waals surface area (Å²) in [7, 11) is 0. The molecule has 5 rings (SSSR count). The van der Waals surface area contributed by atoms with Crippen LogP contribution in [0.5, 0.6) is 0 Å². The second-order valence-electron chi connectivity index (χ2n) is 10.1. The molecule has 2 aromatic rings. The monoisotopic (exact) mass is 492 g/mol. The van der Waals surface area contributed by atoms with Crippen LogP contribution in [0.1, 0.15) is 49.3 Å². The molecule has 7 nitrogen and oxygen atoms in total. The Balaban J connectivity index is 1.69. The van der Waals surface area contributed by atoms with Crippen molar-refractivity contribution in [2.45, 2.75) is 59.7 Å². The number of nitrogens with zero attached hydrogens (tertiary/aromatic N) is 3. The van der Waals surface area contributed by atoms with Crippen LogP contribution >= 0.6 is 0 Å². The Morgan fingerprint density at radius 3 is 2.36 bits per heavy atom. The molecular weight excluding hydrogens is 459 g/mol. The SMILES string of the molecule is CCC1=C(C(=O)OCC2CC2)N2c3cc(F)ccc3N(c3c(C)cc(C)cc3C)C2N1CCC(N)=O. The molecule has 36 heavy (non-hydrogen) atoms. The Morgan fingerprint density at radius 2 is 1.75 bits per heavy atom. The van der Waals surface area contributed by atoms with Crippen molar-refractivity contribution in [1.29, 1.82) is 0 Å². The van der Waals surface area contributed by atoms with E-state index in [2.05, 4.69) is 42.7 Å². The van der Waals surface area contributed by atoms with Gasteiger partial charge >= 0.3 is 5.97 Å². The van der Waals surface area contributed by atoms with Crippen molar-refractivity contribution < 1.29 is 18.7 Å². The van der Waals surface area contributed by atoms with Crippen molar-refractivity contribution in [3.63, 3.8) is 0 Å². The zero-order valence-corrected chi connectivity index (χ0v) is 21.3. The van der Waals surface area contributed by atoms with Gasteiger partial charge in [-0.3, -0.25) is 9.69 Å². The highest BCUT2D eigenvalue weighted by Crippen LogP contribution is 2.53. The van der Waals surface area contributed by atoms with Crippen molar-refractivity contribution in [3.8, 4) is 0 Å². The van der Waals surface area contributed by atoms with Crippen LogP contribution in [-0.4, -0.2) is 36.2 Å². The van der Waals surface area contributed by atoms with Gasteiger partial charge in [-0.15, -0.1) is 0 Å². The number of ether oxygens (including phenoxy) is 1. The van der Waals surface area contributed by atoms with E-state index in [4.69, 9.17) is 10.5 Å². The zero-order valence-electron chi connectivity index (χ0n) is 21.3. The average Bonchev–Trinajstić information content (AvgIpc) is 3.51. The third-order valence-corrected chi connectivity index (χ3v) is 7.21. The molecule has 2 heterocycles. The van der Waals surface area contributed by atoms with Gasteiger partial charge < -0.3 is 20.3 Å². The number of benzene rings is 2. The predicted molar refractivity (Wildman–Crippen MR) is 137 cm³/mol. The van der Waals surface area contributed by atoms with Gasteiger partial charge in [-0.25, -0.2) is 9.18 Å². The summed E-state index contributed by atoms with van der Waals surface area (Å²) in [5.41, 5.74) is 12.4. The van der Waals surface area contributed by atoms with Crippen LogP contribution in [0.2, 0.25) is 0 Å². The molecule has 0 spiro atoms. The number of primary amides is 1. The molecule has 1 amide bonds. The molecule has 2 aromatic carbocycles. The van der Waals surface area contributed by atoms with Gasteiger partial charge in [0.25, 0.3) is 0 Å². The van der Waals surface area contributed by atoms with Crippen LogP contribution in [-0.2, 0) is 14.3 Å². The normalized spacial score (nSPS) is 18.6. The van der Waals surface area contributed by atoms with Gasteiger partial charge in [0.1, 0.15) is 5.82 Å². The molecule has 2 aliphatic heterocycles. The first kappa shape index (κ1) is 24.2. The van der Waals surface area contributed by atoms with E-state index in [0.717, 1.165) is 46.6 Å². The van der Waals surface area contributed by atoms with Crippen molar-refractivity contribution in [3.05, 3.63) is 64.2 Å². The maximum atomic E-state index is 14.6. The number of hydrogen-bond donors (Lipinski definition) is 1. The first-order valence-electron chi connectivity index (χ1n) is 12.6. The van der Waals surface area contributed by atoms with E-state index < -0.39 is 18.2 Å². The molecule has 2 N–H and O–H groups in total. The third kappa shape index (κ3) is 4.08. The molecule has 1 atom stereocenters. The summed E-state index contributed by atoms with van der Waals surface area (Å²) in [4.78, 5) is 31.4. The molecule has 0 bridgehead atoms. The van der Waals surface area contributed by atoms with Crippen molar-refractivity contribution >= 4 is 28.9 Å². The van der Waals surface area contributed by atoms with Crippen LogP contribution < -0.4 is 15.5 Å². The minimum atomic E-state index is -0.486. The minimum Gasteiger partial charge on any atom is -0.461 e. The highest BCUT2D eigenvalue weighted by Gasteiger charge is 2.51. The fraction of sp³-hybridized carbons (Fsp3) is 0.429. The van der Waals surface area contributed by atoms with E-state index >= 15 is 0 Å². The molecule has 1 fully saturated rings. The molecule has 190 valence electrons. The number of nitrogens with two attached hydrogens (primary N) is 1. The fourth-order valence-electron chi connectivity index (χ4n) is 5.59. The van der Waals surface area contributed by atoms with Gasteiger partial charge in [-0.2, -0.15) is 0 Å². The summed E-state index contributed by atoms with van der Waals surface area (Å²) in [5.74, 6) is -0.802. The van der Waals surface area contributed by atoms with Crippen LogP contribution in [0.15, 0.2) is 41.7 Å². The molecule has 1 saturated carbocycles. The van der Waals surface area contributed by atoms with Gasteiger partial charge in [-0.1, -0.05) is 24.6 Å². The van der Waals surface area contributed by atoms with Gasteiger partial charge in [0.2, 0.25) is 5.91 Å². The molecular formula is C28H33FN4O3. The lowest BCUT2D eigenvalue weighted by Gasteiger charge is -2.37. The first-order chi connectivity index (χ1) is 17.2. The van der Waals surface area contributed by atoms with E-state index in [1.165, 1.54) is 12.1 Å². The van der Waals surface area contributed by atoms with Crippen LogP contribution in [0.25, 0.3) is 0 Å². The lowest BCUT2D eigenvalue weighted by atomic mass is 10.0. The Bertz CT molecular complexity index is 1250. The summed E-state index contributed by atoms with van der Waals surface area (Å²) in [6, 6.07) is 8.91. The summed E-state index contributed by atoms with van der Waals surface area (Å²) in [5, 5.41) is 0. The van der Waals surface area contributed by atoms with Gasteiger partial charge in [-0.05, 0) is 75.3 Å². The van der Waals surface area contributed by atoms with E-state index in [1.54, 1.807) is 6.07 Å². The summed E-state index contributed by atoms with van der Waals surface area (Å²) in [6.07, 6.45) is 2.32. The predicted octanol–water partition coefficient (Wildman–Crippen LogP) is 4.76. The summed E-state index contributed by atoms with van der Waals surface area (Å²) >= 11 is 0. The zero-order chi connectivity index (χ0) is 25.7. The number of rotatable bonds is 8. The molecule has 1 unspecified atom stereocenters. The van der Waals surface area contributed by atoms with Crippen molar-refractivity contribution in [1.82, 2.24) is 4.90 Å². The number of aryl methyl sites for hydroxylation is 3. The number of allylic oxidation sites excluding steroid dienone is 1. The summed E-state index contributed by atoms with van der Waals surface area (Å²) in [6.45, 7) is 8.86. The highest BCUT2D eigenvalue weighted by molar-refractivity contribution is 6.00. The Hall–Kier alpha value is -3.55. The lowest BCUT2D eigenvalue weighted by molar-refractivity contribution is -0.139. The largest absolute Gasteiger partial charge is 0.461 e. The number of esters is 1. The number of amides is 1. The lowest BCUT2D eigenvalue weighted by Crippen LogP contribution is -2.49. The molecule has 1 aliphatic carbocycles. The quantitative estimate of drug-likeness (QED) is 0.536. The van der Waals surface area contributed by atoms with E-state index in [1.807, 2.05) is 11.8 Å². The van der Waals surface area contributed by atoms with Gasteiger partial charge in [0.05, 0.1) is 23.7 Å². The number of carbonyl (C=O) groups excluding carboxylic acids is 2. The van der Waals surface area contributed by atoms with Crippen molar-refractivity contribution in [2.75, 3.05) is 23.0 Å². The Morgan fingerprint density at radius 1 is 1.06 bits per heavy atom. The first-order valence-corrected chi connectivity index (χ1v) is 12.6. The molecule has 3 aliphatic rings. The standard InChI is InChI=1S/C28H33FN4O3/c1-5-21-26(27(35)36-15-19-6-7-19)33-23-14-20(29)8-9-22(23)32(28(33)31(21)11-10-24(30)34)25-17(3)12-16(2)13-18(25)4/h8-9,12-14,19,28H,5-7,10-11,15H2,1-4H3,(H2,30,34). The number of fused-ring (bicyclic) bond motifs is 3. The van der Waals surface area contributed by atoms with Crippen LogP contribution in [0.4, 0.5) is 21.5 Å². The average molecular weight is 493 g/mol.